The van der Waals surface area contributed by atoms with Gasteiger partial charge in [-0.2, -0.15) is 4.80 Å². The zero-order valence-electron chi connectivity index (χ0n) is 19.0. The van der Waals surface area contributed by atoms with Gasteiger partial charge >= 0.3 is 0 Å². The second kappa shape index (κ2) is 10.0. The number of nitrogens with zero attached hydrogens (tertiary/aromatic N) is 4. The van der Waals surface area contributed by atoms with Crippen LogP contribution in [0.3, 0.4) is 0 Å². The number of amides is 3. The highest BCUT2D eigenvalue weighted by molar-refractivity contribution is 5.96. The second-order valence-electron chi connectivity index (χ2n) is 8.59. The summed E-state index contributed by atoms with van der Waals surface area (Å²) in [5, 5.41) is 15.1. The Morgan fingerprint density at radius 1 is 0.970 bits per heavy atom. The van der Waals surface area contributed by atoms with E-state index in [2.05, 4.69) is 31.6 Å². The monoisotopic (exact) mass is 449 g/mol. The maximum Gasteiger partial charge on any atom is 0.269 e. The van der Waals surface area contributed by atoms with E-state index in [1.165, 1.54) is 4.80 Å². The van der Waals surface area contributed by atoms with Gasteiger partial charge in [0.05, 0.1) is 6.54 Å². The summed E-state index contributed by atoms with van der Waals surface area (Å²) in [6.07, 6.45) is 0. The van der Waals surface area contributed by atoms with Crippen LogP contribution in [-0.2, 0) is 16.1 Å². The number of tetrazole rings is 1. The van der Waals surface area contributed by atoms with Crippen LogP contribution in [0.5, 0.6) is 0 Å². The van der Waals surface area contributed by atoms with E-state index in [9.17, 15) is 14.4 Å². The topological polar surface area (TPSA) is 131 Å². The van der Waals surface area contributed by atoms with Gasteiger partial charge in [-0.3, -0.25) is 25.2 Å². The van der Waals surface area contributed by atoms with Crippen molar-refractivity contribution in [1.82, 2.24) is 36.4 Å². The number of aromatic nitrogens is 4. The van der Waals surface area contributed by atoms with Crippen LogP contribution < -0.4 is 16.2 Å². The van der Waals surface area contributed by atoms with Crippen LogP contribution in [0.15, 0.2) is 54.6 Å². The molecule has 0 radical (unpaired) electrons. The number of carbonyl (C=O) groups excluding carboxylic acids is 3. The molecule has 3 rings (SSSR count). The molecule has 10 nitrogen and oxygen atoms in total. The molecule has 2 aromatic carbocycles. The Labute approximate surface area is 191 Å². The van der Waals surface area contributed by atoms with Crippen LogP contribution in [0.25, 0.3) is 11.4 Å². The second-order valence-corrected chi connectivity index (χ2v) is 8.59. The summed E-state index contributed by atoms with van der Waals surface area (Å²) in [6, 6.07) is 15.6. The highest BCUT2D eigenvalue weighted by atomic mass is 16.2. The van der Waals surface area contributed by atoms with Gasteiger partial charge in [-0.05, 0) is 29.8 Å². The number of hydrogen-bond acceptors (Lipinski definition) is 6. The van der Waals surface area contributed by atoms with E-state index in [-0.39, 0.29) is 5.91 Å². The number of benzene rings is 2. The molecule has 0 spiro atoms. The molecular weight excluding hydrogens is 422 g/mol. The van der Waals surface area contributed by atoms with Crippen LogP contribution in [0.2, 0.25) is 0 Å². The molecule has 0 bridgehead atoms. The number of carbonyl (C=O) groups is 3. The maximum atomic E-state index is 12.3. The van der Waals surface area contributed by atoms with Gasteiger partial charge in [0.2, 0.25) is 11.7 Å². The fourth-order valence-electron chi connectivity index (χ4n) is 2.72. The maximum absolute atomic E-state index is 12.3. The van der Waals surface area contributed by atoms with E-state index >= 15 is 0 Å². The van der Waals surface area contributed by atoms with Crippen molar-refractivity contribution in [2.24, 2.45) is 5.41 Å². The molecular formula is C23H27N7O3. The van der Waals surface area contributed by atoms with Crippen molar-refractivity contribution in [3.05, 3.63) is 65.7 Å². The van der Waals surface area contributed by atoms with E-state index in [1.54, 1.807) is 52.0 Å². The predicted octanol–water partition coefficient (Wildman–Crippen LogP) is 1.70. The molecule has 1 heterocycles. The Balaban J connectivity index is 1.51. The lowest BCUT2D eigenvalue weighted by Crippen LogP contribution is -2.52. The van der Waals surface area contributed by atoms with Gasteiger partial charge in [0, 0.05) is 16.5 Å². The summed E-state index contributed by atoms with van der Waals surface area (Å²) in [5.41, 5.74) is 6.18. The van der Waals surface area contributed by atoms with Crippen LogP contribution in [-0.4, -0.2) is 44.0 Å². The first kappa shape index (κ1) is 23.6. The van der Waals surface area contributed by atoms with Crippen molar-refractivity contribution < 1.29 is 14.4 Å². The minimum absolute atomic E-state index is 0.259. The van der Waals surface area contributed by atoms with Crippen molar-refractivity contribution in [2.75, 3.05) is 0 Å². The summed E-state index contributed by atoms with van der Waals surface area (Å²) in [7, 11) is 0. The number of nitrogens with one attached hydrogen (secondary N) is 3. The average molecular weight is 450 g/mol. The third-order valence-corrected chi connectivity index (χ3v) is 4.75. The largest absolute Gasteiger partial charge is 0.344 e. The molecule has 0 aliphatic heterocycles. The quantitative estimate of drug-likeness (QED) is 0.491. The molecule has 1 atom stereocenters. The Kier molecular flexibility index (Phi) is 7.17. The number of hydrazine groups is 1. The Bertz CT molecular complexity index is 1120. The third kappa shape index (κ3) is 6.45. The van der Waals surface area contributed by atoms with Crippen molar-refractivity contribution >= 4 is 17.7 Å². The molecule has 3 N–H and O–H groups in total. The molecule has 0 unspecified atom stereocenters. The van der Waals surface area contributed by atoms with E-state index in [4.69, 9.17) is 0 Å². The van der Waals surface area contributed by atoms with Gasteiger partial charge in [0.15, 0.2) is 0 Å². The Hall–Kier alpha value is -4.08. The number of rotatable bonds is 6. The minimum Gasteiger partial charge on any atom is -0.344 e. The molecule has 0 aliphatic rings. The number of hydrogen-bond donors (Lipinski definition) is 3. The molecule has 0 saturated carbocycles. The van der Waals surface area contributed by atoms with Gasteiger partial charge in [-0.15, -0.1) is 10.2 Å². The highest BCUT2D eigenvalue weighted by Gasteiger charge is 2.25. The first-order chi connectivity index (χ1) is 15.6. The lowest BCUT2D eigenvalue weighted by atomic mass is 9.95. The van der Waals surface area contributed by atoms with Gasteiger partial charge < -0.3 is 5.32 Å². The molecule has 1 aromatic heterocycles. The highest BCUT2D eigenvalue weighted by Crippen LogP contribution is 2.13. The third-order valence-electron chi connectivity index (χ3n) is 4.75. The summed E-state index contributed by atoms with van der Waals surface area (Å²) >= 11 is 0. The molecule has 10 heteroatoms. The first-order valence-corrected chi connectivity index (χ1v) is 10.5. The van der Waals surface area contributed by atoms with E-state index in [0.717, 1.165) is 11.1 Å². The normalized spacial score (nSPS) is 12.0. The van der Waals surface area contributed by atoms with Crippen molar-refractivity contribution in [2.45, 2.75) is 40.3 Å². The van der Waals surface area contributed by atoms with E-state index in [1.807, 2.05) is 30.3 Å². The van der Waals surface area contributed by atoms with Gasteiger partial charge in [0.1, 0.15) is 6.04 Å². The van der Waals surface area contributed by atoms with Gasteiger partial charge in [-0.1, -0.05) is 63.2 Å². The van der Waals surface area contributed by atoms with Gasteiger partial charge in [0.25, 0.3) is 11.8 Å². The van der Waals surface area contributed by atoms with Crippen molar-refractivity contribution in [3.8, 4) is 11.4 Å². The van der Waals surface area contributed by atoms with Crippen molar-refractivity contribution in [1.29, 1.82) is 0 Å². The fraction of sp³-hybridized carbons (Fsp3) is 0.304. The molecule has 3 aromatic rings. The van der Waals surface area contributed by atoms with Crippen LogP contribution in [0.4, 0.5) is 0 Å². The zero-order valence-corrected chi connectivity index (χ0v) is 19.0. The molecule has 3 amide bonds. The van der Waals surface area contributed by atoms with Crippen LogP contribution in [0, 0.1) is 5.41 Å². The molecule has 0 aliphatic carbocycles. The summed E-state index contributed by atoms with van der Waals surface area (Å²) < 4.78 is 0. The fourth-order valence-corrected chi connectivity index (χ4v) is 2.72. The molecule has 33 heavy (non-hydrogen) atoms. The Morgan fingerprint density at radius 3 is 2.27 bits per heavy atom. The first-order valence-electron chi connectivity index (χ1n) is 10.5. The summed E-state index contributed by atoms with van der Waals surface area (Å²) in [5.74, 6) is -0.723. The summed E-state index contributed by atoms with van der Waals surface area (Å²) in [4.78, 5) is 37.9. The lowest BCUT2D eigenvalue weighted by Gasteiger charge is -2.21. The SMILES string of the molecule is C[C@@H](NC(=O)C(C)(C)C)C(=O)NNC(=O)c1ccc(Cn2nnc(-c3ccccc3)n2)cc1. The smallest absolute Gasteiger partial charge is 0.269 e. The van der Waals surface area contributed by atoms with Crippen LogP contribution >= 0.6 is 0 Å². The molecule has 172 valence electrons. The minimum atomic E-state index is -0.796. The molecule has 0 saturated heterocycles. The lowest BCUT2D eigenvalue weighted by molar-refractivity contribution is -0.133. The zero-order chi connectivity index (χ0) is 24.0. The summed E-state index contributed by atoms with van der Waals surface area (Å²) in [6.45, 7) is 7.18. The van der Waals surface area contributed by atoms with Crippen molar-refractivity contribution in [3.63, 3.8) is 0 Å². The average Bonchev–Trinajstić information content (AvgIpc) is 3.26. The van der Waals surface area contributed by atoms with E-state index in [0.29, 0.717) is 17.9 Å². The Morgan fingerprint density at radius 2 is 1.64 bits per heavy atom. The standard InChI is InChI=1S/C23H27N7O3/c1-15(24-22(33)23(2,3)4)20(31)26-27-21(32)18-12-10-16(11-13-18)14-30-28-19(25-29-30)17-8-6-5-7-9-17/h5-13,15H,14H2,1-4H3,(H,24,33)(H,26,31)(H,27,32)/t15-/m1/s1. The van der Waals surface area contributed by atoms with Crippen LogP contribution in [0.1, 0.15) is 43.6 Å². The predicted molar refractivity (Wildman–Crippen MR) is 121 cm³/mol. The molecule has 0 fully saturated rings. The van der Waals surface area contributed by atoms with Gasteiger partial charge in [-0.25, -0.2) is 0 Å². The van der Waals surface area contributed by atoms with E-state index < -0.39 is 23.3 Å².